The van der Waals surface area contributed by atoms with Gasteiger partial charge in [0, 0.05) is 6.54 Å². The van der Waals surface area contributed by atoms with E-state index >= 15 is 0 Å². The van der Waals surface area contributed by atoms with Gasteiger partial charge in [0.1, 0.15) is 6.54 Å². The maximum absolute atomic E-state index is 12.0. The van der Waals surface area contributed by atoms with Crippen molar-refractivity contribution >= 4 is 18.5 Å². The van der Waals surface area contributed by atoms with Gasteiger partial charge in [0.25, 0.3) is 0 Å². The smallest absolute Gasteiger partial charge is 0.333 e. The topological polar surface area (TPSA) is 20.3 Å². The number of hydrogen-bond donors (Lipinski definition) is 1. The Labute approximate surface area is 86.9 Å². The highest BCUT2D eigenvalue weighted by Gasteiger charge is 2.33. The molecule has 0 fully saturated rings. The van der Waals surface area contributed by atoms with Crippen molar-refractivity contribution in [3.05, 3.63) is 0 Å². The number of amides is 1. The summed E-state index contributed by atoms with van der Waals surface area (Å²) in [6, 6.07) is 0. The third-order valence-corrected chi connectivity index (χ3v) is 1.75. The second-order valence-corrected chi connectivity index (χ2v) is 3.83. The largest absolute Gasteiger partial charge is 0.406 e. The monoisotopic (exact) mass is 229 g/mol. The van der Waals surface area contributed by atoms with Crippen LogP contribution in [0.15, 0.2) is 0 Å². The molecule has 1 atom stereocenters. The quantitative estimate of drug-likeness (QED) is 0.732. The zero-order valence-electron chi connectivity index (χ0n) is 8.14. The van der Waals surface area contributed by atoms with Gasteiger partial charge in [-0.25, -0.2) is 0 Å². The molecule has 0 saturated carbocycles. The summed E-state index contributed by atoms with van der Waals surface area (Å²) in [6.07, 6.45) is -3.84. The number of nitrogens with zero attached hydrogens (tertiary/aromatic N) is 1. The fraction of sp³-hybridized carbons (Fsp3) is 0.875. The second-order valence-electron chi connectivity index (χ2n) is 3.05. The predicted molar refractivity (Wildman–Crippen MR) is 51.4 cm³/mol. The van der Waals surface area contributed by atoms with Crippen LogP contribution in [0.2, 0.25) is 0 Å². The molecule has 14 heavy (non-hydrogen) atoms. The number of carbonyl (C=O) groups is 1. The van der Waals surface area contributed by atoms with Crippen molar-refractivity contribution in [1.29, 1.82) is 0 Å². The number of thiol groups is 1. The molecule has 0 aromatic carbocycles. The van der Waals surface area contributed by atoms with Gasteiger partial charge in [0.2, 0.25) is 5.91 Å². The highest BCUT2D eigenvalue weighted by molar-refractivity contribution is 7.81. The third kappa shape index (κ3) is 5.36. The maximum atomic E-state index is 12.0. The lowest BCUT2D eigenvalue weighted by Crippen LogP contribution is -2.42. The fourth-order valence-electron chi connectivity index (χ4n) is 1.02. The number of alkyl halides is 3. The van der Waals surface area contributed by atoms with Crippen molar-refractivity contribution in [2.45, 2.75) is 31.7 Å². The highest BCUT2D eigenvalue weighted by Crippen LogP contribution is 2.17. The van der Waals surface area contributed by atoms with Gasteiger partial charge >= 0.3 is 6.18 Å². The lowest BCUT2D eigenvalue weighted by Gasteiger charge is -2.24. The Bertz CT molecular complexity index is 194. The summed E-state index contributed by atoms with van der Waals surface area (Å²) in [5, 5.41) is -0.691. The van der Waals surface area contributed by atoms with E-state index in [-0.39, 0.29) is 6.54 Å². The van der Waals surface area contributed by atoms with Gasteiger partial charge < -0.3 is 4.90 Å². The van der Waals surface area contributed by atoms with Gasteiger partial charge in [0.15, 0.2) is 0 Å². The molecule has 0 aliphatic heterocycles. The summed E-state index contributed by atoms with van der Waals surface area (Å²) in [5.41, 5.74) is 0. The Morgan fingerprint density at radius 1 is 1.50 bits per heavy atom. The Hall–Kier alpha value is -0.390. The lowest BCUT2D eigenvalue weighted by molar-refractivity contribution is -0.160. The van der Waals surface area contributed by atoms with Crippen LogP contribution in [-0.4, -0.2) is 35.3 Å². The Kier molecular flexibility index (Phi) is 5.33. The van der Waals surface area contributed by atoms with Gasteiger partial charge in [-0.1, -0.05) is 6.92 Å². The van der Waals surface area contributed by atoms with Gasteiger partial charge in [-0.2, -0.15) is 25.8 Å². The van der Waals surface area contributed by atoms with E-state index in [0.717, 1.165) is 4.90 Å². The molecule has 6 heteroatoms. The Balaban J connectivity index is 4.36. The predicted octanol–water partition coefficient (Wildman–Crippen LogP) is 2.11. The minimum absolute atomic E-state index is 0.114. The molecule has 0 spiro atoms. The SMILES string of the molecule is CCCN(CC(F)(F)F)C(=O)C(C)S. The van der Waals surface area contributed by atoms with Crippen LogP contribution in [0.4, 0.5) is 13.2 Å². The first kappa shape index (κ1) is 13.6. The molecule has 0 saturated heterocycles. The molecular formula is C8H14F3NOS. The van der Waals surface area contributed by atoms with E-state index < -0.39 is 23.9 Å². The van der Waals surface area contributed by atoms with Crippen LogP contribution in [0.5, 0.6) is 0 Å². The van der Waals surface area contributed by atoms with E-state index in [1.165, 1.54) is 6.92 Å². The molecule has 0 N–H and O–H groups in total. The molecule has 0 heterocycles. The maximum Gasteiger partial charge on any atom is 0.406 e. The average Bonchev–Trinajstić information content (AvgIpc) is 1.99. The van der Waals surface area contributed by atoms with Crippen LogP contribution in [0, 0.1) is 0 Å². The van der Waals surface area contributed by atoms with E-state index in [9.17, 15) is 18.0 Å². The van der Waals surface area contributed by atoms with E-state index in [2.05, 4.69) is 12.6 Å². The van der Waals surface area contributed by atoms with Crippen LogP contribution in [0.1, 0.15) is 20.3 Å². The zero-order chi connectivity index (χ0) is 11.4. The van der Waals surface area contributed by atoms with E-state index in [4.69, 9.17) is 0 Å². The molecule has 0 bridgehead atoms. The number of carbonyl (C=O) groups excluding carboxylic acids is 1. The first-order valence-electron chi connectivity index (χ1n) is 4.31. The van der Waals surface area contributed by atoms with Crippen molar-refractivity contribution in [1.82, 2.24) is 4.90 Å². The summed E-state index contributed by atoms with van der Waals surface area (Å²) in [7, 11) is 0. The number of halogens is 3. The second kappa shape index (κ2) is 5.48. The molecule has 0 aromatic heterocycles. The standard InChI is InChI=1S/C8H14F3NOS/c1-3-4-12(5-8(9,10)11)7(13)6(2)14/h6,14H,3-5H2,1-2H3. The van der Waals surface area contributed by atoms with Crippen molar-refractivity contribution in [2.24, 2.45) is 0 Å². The van der Waals surface area contributed by atoms with Crippen molar-refractivity contribution in [2.75, 3.05) is 13.1 Å². The molecule has 0 radical (unpaired) electrons. The Morgan fingerprint density at radius 3 is 2.29 bits per heavy atom. The first-order chi connectivity index (χ1) is 6.28. The molecule has 0 aliphatic rings. The first-order valence-corrected chi connectivity index (χ1v) is 4.83. The van der Waals surface area contributed by atoms with Gasteiger partial charge in [0.05, 0.1) is 5.25 Å². The molecule has 1 amide bonds. The van der Waals surface area contributed by atoms with Crippen molar-refractivity contribution < 1.29 is 18.0 Å². The summed E-state index contributed by atoms with van der Waals surface area (Å²) in [4.78, 5) is 12.0. The van der Waals surface area contributed by atoms with Crippen LogP contribution < -0.4 is 0 Å². The van der Waals surface area contributed by atoms with Gasteiger partial charge in [-0.15, -0.1) is 0 Å². The minimum atomic E-state index is -4.34. The van der Waals surface area contributed by atoms with Gasteiger partial charge in [-0.05, 0) is 13.3 Å². The highest BCUT2D eigenvalue weighted by atomic mass is 32.1. The van der Waals surface area contributed by atoms with E-state index in [1.807, 2.05) is 0 Å². The van der Waals surface area contributed by atoms with E-state index in [0.29, 0.717) is 6.42 Å². The van der Waals surface area contributed by atoms with E-state index in [1.54, 1.807) is 6.92 Å². The van der Waals surface area contributed by atoms with Gasteiger partial charge in [-0.3, -0.25) is 4.79 Å². The molecule has 1 unspecified atom stereocenters. The minimum Gasteiger partial charge on any atom is -0.333 e. The molecule has 84 valence electrons. The zero-order valence-corrected chi connectivity index (χ0v) is 9.03. The Morgan fingerprint density at radius 2 is 2.00 bits per heavy atom. The van der Waals surface area contributed by atoms with Crippen LogP contribution in [0.3, 0.4) is 0 Å². The lowest BCUT2D eigenvalue weighted by atomic mass is 10.3. The van der Waals surface area contributed by atoms with Crippen LogP contribution >= 0.6 is 12.6 Å². The van der Waals surface area contributed by atoms with Crippen molar-refractivity contribution in [3.63, 3.8) is 0 Å². The molecular weight excluding hydrogens is 215 g/mol. The summed E-state index contributed by atoms with van der Waals surface area (Å²) >= 11 is 3.82. The molecule has 0 aromatic rings. The fourth-order valence-corrected chi connectivity index (χ4v) is 1.18. The van der Waals surface area contributed by atoms with Crippen LogP contribution in [-0.2, 0) is 4.79 Å². The molecule has 2 nitrogen and oxygen atoms in total. The normalized spacial score (nSPS) is 13.9. The number of hydrogen-bond acceptors (Lipinski definition) is 2. The van der Waals surface area contributed by atoms with Crippen LogP contribution in [0.25, 0.3) is 0 Å². The summed E-state index contributed by atoms with van der Waals surface area (Å²) in [6.45, 7) is 2.11. The molecule has 0 aliphatic carbocycles. The summed E-state index contributed by atoms with van der Waals surface area (Å²) in [5.74, 6) is -0.576. The number of rotatable bonds is 4. The summed E-state index contributed by atoms with van der Waals surface area (Å²) < 4.78 is 36.1. The van der Waals surface area contributed by atoms with Crippen molar-refractivity contribution in [3.8, 4) is 0 Å². The average molecular weight is 229 g/mol. The third-order valence-electron chi connectivity index (χ3n) is 1.53. The molecule has 0 rings (SSSR count).